The average Bonchev–Trinajstić information content (AvgIpc) is 2.29. The average molecular weight is 303 g/mol. The number of benzene rings is 1. The number of amides is 1. The lowest BCUT2D eigenvalue weighted by Crippen LogP contribution is -2.36. The van der Waals surface area contributed by atoms with Gasteiger partial charge in [0.1, 0.15) is 5.75 Å². The predicted octanol–water partition coefficient (Wildman–Crippen LogP) is 2.67. The van der Waals surface area contributed by atoms with Gasteiger partial charge in [-0.3, -0.25) is 4.79 Å². The zero-order valence-corrected chi connectivity index (χ0v) is 12.1. The van der Waals surface area contributed by atoms with Crippen LogP contribution in [0.1, 0.15) is 31.4 Å². The number of halogens is 2. The molecular formula is C13H16Cl2N2O2. The maximum absolute atomic E-state index is 10.9. The van der Waals surface area contributed by atoms with Crippen LogP contribution in [-0.4, -0.2) is 18.6 Å². The molecular weight excluding hydrogens is 287 g/mol. The lowest BCUT2D eigenvalue weighted by molar-refractivity contribution is -0.118. The number of carbonyl (C=O) groups excluding carboxylic acids is 1. The Kier molecular flexibility index (Phi) is 4.55. The van der Waals surface area contributed by atoms with Gasteiger partial charge in [-0.05, 0) is 19.1 Å². The molecule has 1 aliphatic heterocycles. The number of hydrogen-bond acceptors (Lipinski definition) is 3. The fourth-order valence-electron chi connectivity index (χ4n) is 2.30. The van der Waals surface area contributed by atoms with Crippen molar-refractivity contribution in [3.8, 4) is 5.75 Å². The topological polar surface area (TPSA) is 64.4 Å². The molecule has 2 unspecified atom stereocenters. The van der Waals surface area contributed by atoms with E-state index in [1.54, 1.807) is 6.07 Å². The molecule has 6 heteroatoms. The van der Waals surface area contributed by atoms with Crippen LogP contribution in [0.25, 0.3) is 0 Å². The van der Waals surface area contributed by atoms with Crippen molar-refractivity contribution in [3.63, 3.8) is 0 Å². The van der Waals surface area contributed by atoms with E-state index in [9.17, 15) is 4.79 Å². The molecule has 0 aromatic heterocycles. The molecule has 0 aliphatic carbocycles. The second-order valence-electron chi connectivity index (χ2n) is 4.73. The van der Waals surface area contributed by atoms with Gasteiger partial charge in [-0.15, -0.1) is 0 Å². The Bertz CT molecular complexity index is 494. The summed E-state index contributed by atoms with van der Waals surface area (Å²) in [5, 5.41) is 4.45. The third kappa shape index (κ3) is 3.53. The normalized spacial score (nSPS) is 19.4. The molecule has 2 rings (SSSR count). The Labute approximate surface area is 122 Å². The summed E-state index contributed by atoms with van der Waals surface area (Å²) in [6.45, 7) is 2.50. The van der Waals surface area contributed by atoms with Gasteiger partial charge in [0.15, 0.2) is 0 Å². The standard InChI is InChI=1S/C13H16Cl2N2O2/c1-7(4-12(16)18)17-11-2-3-19-13-9(11)5-8(14)6-10(13)15/h5-7,11,17H,2-4H2,1H3,(H2,16,18). The summed E-state index contributed by atoms with van der Waals surface area (Å²) in [5.74, 6) is 0.345. The van der Waals surface area contributed by atoms with Crippen LogP contribution in [0.2, 0.25) is 10.0 Å². The van der Waals surface area contributed by atoms with Crippen molar-refractivity contribution in [2.75, 3.05) is 6.61 Å². The van der Waals surface area contributed by atoms with Gasteiger partial charge < -0.3 is 15.8 Å². The number of rotatable bonds is 4. The molecule has 0 radical (unpaired) electrons. The number of hydrogen-bond donors (Lipinski definition) is 2. The smallest absolute Gasteiger partial charge is 0.218 e. The first-order valence-electron chi connectivity index (χ1n) is 6.13. The van der Waals surface area contributed by atoms with Crippen molar-refractivity contribution in [3.05, 3.63) is 27.7 Å². The Hall–Kier alpha value is -0.970. The molecule has 104 valence electrons. The molecule has 19 heavy (non-hydrogen) atoms. The zero-order chi connectivity index (χ0) is 14.0. The monoisotopic (exact) mass is 302 g/mol. The molecule has 0 spiro atoms. The zero-order valence-electron chi connectivity index (χ0n) is 10.6. The molecule has 0 fully saturated rings. The minimum absolute atomic E-state index is 0.00814. The van der Waals surface area contributed by atoms with Crippen LogP contribution in [0.3, 0.4) is 0 Å². The van der Waals surface area contributed by atoms with Crippen LogP contribution >= 0.6 is 23.2 Å². The molecule has 0 saturated carbocycles. The molecule has 1 aromatic carbocycles. The van der Waals surface area contributed by atoms with E-state index in [4.69, 9.17) is 33.7 Å². The van der Waals surface area contributed by atoms with Crippen molar-refractivity contribution in [1.29, 1.82) is 0 Å². The Morgan fingerprint density at radius 2 is 2.32 bits per heavy atom. The minimum Gasteiger partial charge on any atom is -0.492 e. The van der Waals surface area contributed by atoms with Crippen molar-refractivity contribution >= 4 is 29.1 Å². The second-order valence-corrected chi connectivity index (χ2v) is 5.58. The van der Waals surface area contributed by atoms with Crippen molar-refractivity contribution in [2.24, 2.45) is 5.73 Å². The summed E-state index contributed by atoms with van der Waals surface area (Å²) in [5.41, 5.74) is 6.13. The number of carbonyl (C=O) groups is 1. The third-order valence-electron chi connectivity index (χ3n) is 3.06. The van der Waals surface area contributed by atoms with Crippen molar-refractivity contribution < 1.29 is 9.53 Å². The third-order valence-corrected chi connectivity index (χ3v) is 3.56. The fraction of sp³-hybridized carbons (Fsp3) is 0.462. The van der Waals surface area contributed by atoms with Crippen LogP contribution in [0, 0.1) is 0 Å². The van der Waals surface area contributed by atoms with Gasteiger partial charge in [0.25, 0.3) is 0 Å². The van der Waals surface area contributed by atoms with E-state index in [2.05, 4.69) is 5.32 Å². The second kappa shape index (κ2) is 5.99. The largest absolute Gasteiger partial charge is 0.492 e. The van der Waals surface area contributed by atoms with E-state index in [1.165, 1.54) is 0 Å². The molecule has 3 N–H and O–H groups in total. The summed E-state index contributed by atoms with van der Waals surface area (Å²) in [4.78, 5) is 10.9. The SMILES string of the molecule is CC(CC(N)=O)NC1CCOc2c(Cl)cc(Cl)cc21. The van der Waals surface area contributed by atoms with Gasteiger partial charge in [0.05, 0.1) is 11.6 Å². The maximum atomic E-state index is 10.9. The molecule has 1 aromatic rings. The minimum atomic E-state index is -0.323. The van der Waals surface area contributed by atoms with Gasteiger partial charge in [-0.1, -0.05) is 23.2 Å². The van der Waals surface area contributed by atoms with Crippen LogP contribution in [0.15, 0.2) is 12.1 Å². The highest BCUT2D eigenvalue weighted by atomic mass is 35.5. The summed E-state index contributed by atoms with van der Waals surface area (Å²) in [6, 6.07) is 3.56. The van der Waals surface area contributed by atoms with E-state index in [0.717, 1.165) is 12.0 Å². The number of nitrogens with one attached hydrogen (secondary N) is 1. The summed E-state index contributed by atoms with van der Waals surface area (Å²) in [7, 11) is 0. The van der Waals surface area contributed by atoms with Crippen LogP contribution < -0.4 is 15.8 Å². The van der Waals surface area contributed by atoms with Crippen molar-refractivity contribution in [2.45, 2.75) is 31.8 Å². The maximum Gasteiger partial charge on any atom is 0.218 e. The number of primary amides is 1. The molecule has 4 nitrogen and oxygen atoms in total. The van der Waals surface area contributed by atoms with E-state index in [-0.39, 0.29) is 18.0 Å². The lowest BCUT2D eigenvalue weighted by Gasteiger charge is -2.29. The van der Waals surface area contributed by atoms with E-state index >= 15 is 0 Å². The summed E-state index contributed by atoms with van der Waals surface area (Å²) < 4.78 is 5.58. The van der Waals surface area contributed by atoms with Gasteiger partial charge in [0, 0.05) is 35.5 Å². The first-order valence-corrected chi connectivity index (χ1v) is 6.89. The van der Waals surface area contributed by atoms with Gasteiger partial charge in [-0.2, -0.15) is 0 Å². The van der Waals surface area contributed by atoms with Crippen LogP contribution in [-0.2, 0) is 4.79 Å². The molecule has 0 bridgehead atoms. The molecule has 1 amide bonds. The molecule has 1 heterocycles. The van der Waals surface area contributed by atoms with Gasteiger partial charge in [0.2, 0.25) is 5.91 Å². The highest BCUT2D eigenvalue weighted by molar-refractivity contribution is 6.35. The lowest BCUT2D eigenvalue weighted by atomic mass is 9.99. The molecule has 2 atom stereocenters. The predicted molar refractivity (Wildman–Crippen MR) is 75.7 cm³/mol. The van der Waals surface area contributed by atoms with E-state index in [1.807, 2.05) is 13.0 Å². The highest BCUT2D eigenvalue weighted by Gasteiger charge is 2.25. The summed E-state index contributed by atoms with van der Waals surface area (Å²) >= 11 is 12.1. The quantitative estimate of drug-likeness (QED) is 0.899. The summed E-state index contributed by atoms with van der Waals surface area (Å²) in [6.07, 6.45) is 1.09. The Morgan fingerprint density at radius 1 is 1.58 bits per heavy atom. The molecule has 1 aliphatic rings. The van der Waals surface area contributed by atoms with E-state index in [0.29, 0.717) is 28.8 Å². The van der Waals surface area contributed by atoms with Gasteiger partial charge in [-0.25, -0.2) is 0 Å². The number of nitrogens with two attached hydrogens (primary N) is 1. The Morgan fingerprint density at radius 3 is 3.00 bits per heavy atom. The Balaban J connectivity index is 2.20. The van der Waals surface area contributed by atoms with Crippen molar-refractivity contribution in [1.82, 2.24) is 5.32 Å². The van der Waals surface area contributed by atoms with Crippen LogP contribution in [0.4, 0.5) is 0 Å². The van der Waals surface area contributed by atoms with Gasteiger partial charge >= 0.3 is 0 Å². The number of fused-ring (bicyclic) bond motifs is 1. The highest BCUT2D eigenvalue weighted by Crippen LogP contribution is 2.40. The van der Waals surface area contributed by atoms with E-state index < -0.39 is 0 Å². The van der Waals surface area contributed by atoms with Crippen LogP contribution in [0.5, 0.6) is 5.75 Å². The first kappa shape index (κ1) is 14.4. The fourth-order valence-corrected chi connectivity index (χ4v) is 2.87. The molecule has 0 saturated heterocycles. The first-order chi connectivity index (χ1) is 8.97. The number of ether oxygens (including phenoxy) is 1.